The molecule has 18 heavy (non-hydrogen) atoms. The normalized spacial score (nSPS) is 27.8. The highest BCUT2D eigenvalue weighted by Crippen LogP contribution is 2.32. The maximum atomic E-state index is 11.7. The van der Waals surface area contributed by atoms with Gasteiger partial charge in [-0.1, -0.05) is 30.3 Å². The second-order valence-electron chi connectivity index (χ2n) is 4.61. The number of hydrogen-bond donors (Lipinski definition) is 2. The van der Waals surface area contributed by atoms with E-state index in [9.17, 15) is 9.90 Å². The number of esters is 1. The van der Waals surface area contributed by atoms with Crippen molar-refractivity contribution >= 4 is 5.97 Å². The number of nitrogens with one attached hydrogen (secondary N) is 1. The largest absolute Gasteiger partial charge is 0.465 e. The fraction of sp³-hybridized carbons (Fsp3) is 0.500. The molecule has 0 saturated carbocycles. The van der Waals surface area contributed by atoms with E-state index in [1.807, 2.05) is 30.3 Å². The molecule has 2 N–H and O–H groups in total. The van der Waals surface area contributed by atoms with Gasteiger partial charge in [-0.2, -0.15) is 0 Å². The predicted molar refractivity (Wildman–Crippen MR) is 68.0 cm³/mol. The average Bonchev–Trinajstić information content (AvgIpc) is 2.40. The molecular weight excluding hydrogens is 230 g/mol. The fourth-order valence-electron chi connectivity index (χ4n) is 2.39. The lowest BCUT2D eigenvalue weighted by Crippen LogP contribution is -2.50. The zero-order valence-corrected chi connectivity index (χ0v) is 10.6. The minimum absolute atomic E-state index is 0.286. The number of carbonyl (C=O) groups is 1. The number of aliphatic hydroxyl groups is 1. The van der Waals surface area contributed by atoms with Gasteiger partial charge in [-0.15, -0.1) is 0 Å². The van der Waals surface area contributed by atoms with E-state index in [0.717, 1.165) is 5.56 Å². The van der Waals surface area contributed by atoms with Crippen LogP contribution in [0, 0.1) is 0 Å². The smallest absolute Gasteiger partial charge is 0.323 e. The highest BCUT2D eigenvalue weighted by molar-refractivity contribution is 5.76. The standard InChI is InChI=1S/C14H19NO3/c1-2-18-13(16)12-10-14(17,8-9-15-12)11-6-4-3-5-7-11/h3-7,12,15,17H,2,8-10H2,1H3. The minimum atomic E-state index is -0.941. The monoisotopic (exact) mass is 249 g/mol. The molecule has 2 atom stereocenters. The molecule has 0 aliphatic carbocycles. The van der Waals surface area contributed by atoms with Crippen LogP contribution in [0.3, 0.4) is 0 Å². The summed E-state index contributed by atoms with van der Waals surface area (Å²) in [7, 11) is 0. The summed E-state index contributed by atoms with van der Waals surface area (Å²) in [5.74, 6) is -0.286. The summed E-state index contributed by atoms with van der Waals surface area (Å²) in [6, 6.07) is 9.07. The second-order valence-corrected chi connectivity index (χ2v) is 4.61. The summed E-state index contributed by atoms with van der Waals surface area (Å²) in [6.07, 6.45) is 0.961. The van der Waals surface area contributed by atoms with Crippen molar-refractivity contribution in [3.63, 3.8) is 0 Å². The Morgan fingerprint density at radius 3 is 2.89 bits per heavy atom. The Kier molecular flexibility index (Phi) is 3.99. The Hall–Kier alpha value is -1.39. The lowest BCUT2D eigenvalue weighted by Gasteiger charge is -2.36. The fourth-order valence-corrected chi connectivity index (χ4v) is 2.39. The molecule has 1 heterocycles. The molecule has 2 rings (SSSR count). The van der Waals surface area contributed by atoms with Crippen LogP contribution in [0.5, 0.6) is 0 Å². The maximum absolute atomic E-state index is 11.7. The van der Waals surface area contributed by atoms with E-state index >= 15 is 0 Å². The van der Waals surface area contributed by atoms with Gasteiger partial charge in [0.25, 0.3) is 0 Å². The molecule has 1 aliphatic rings. The van der Waals surface area contributed by atoms with E-state index in [2.05, 4.69) is 5.32 Å². The van der Waals surface area contributed by atoms with Gasteiger partial charge in [-0.05, 0) is 25.5 Å². The molecule has 98 valence electrons. The topological polar surface area (TPSA) is 58.6 Å². The Bertz CT molecular complexity index is 407. The first-order valence-corrected chi connectivity index (χ1v) is 6.33. The number of piperidine rings is 1. The number of hydrogen-bond acceptors (Lipinski definition) is 4. The molecule has 4 nitrogen and oxygen atoms in total. The predicted octanol–water partition coefficient (Wildman–Crippen LogP) is 1.19. The first-order chi connectivity index (χ1) is 8.65. The van der Waals surface area contributed by atoms with Crippen LogP contribution in [-0.2, 0) is 15.1 Å². The van der Waals surface area contributed by atoms with Gasteiger partial charge in [0.15, 0.2) is 0 Å². The summed E-state index contributed by atoms with van der Waals surface area (Å²) in [4.78, 5) is 11.7. The number of carbonyl (C=O) groups excluding carboxylic acids is 1. The quantitative estimate of drug-likeness (QED) is 0.790. The van der Waals surface area contributed by atoms with Gasteiger partial charge < -0.3 is 15.2 Å². The molecule has 0 bridgehead atoms. The van der Waals surface area contributed by atoms with Crippen LogP contribution in [0.4, 0.5) is 0 Å². The molecule has 1 aromatic carbocycles. The first-order valence-electron chi connectivity index (χ1n) is 6.33. The Morgan fingerprint density at radius 2 is 2.22 bits per heavy atom. The maximum Gasteiger partial charge on any atom is 0.323 e. The van der Waals surface area contributed by atoms with Crippen LogP contribution in [0.1, 0.15) is 25.3 Å². The van der Waals surface area contributed by atoms with E-state index in [1.165, 1.54) is 0 Å². The second kappa shape index (κ2) is 5.50. The summed E-state index contributed by atoms with van der Waals surface area (Å²) >= 11 is 0. The van der Waals surface area contributed by atoms with E-state index < -0.39 is 11.6 Å². The van der Waals surface area contributed by atoms with E-state index in [-0.39, 0.29) is 5.97 Å². The van der Waals surface area contributed by atoms with Crippen molar-refractivity contribution < 1.29 is 14.6 Å². The Labute approximate surface area is 107 Å². The van der Waals surface area contributed by atoms with Crippen molar-refractivity contribution in [2.45, 2.75) is 31.4 Å². The SMILES string of the molecule is CCOC(=O)C1CC(O)(c2ccccc2)CCN1. The van der Waals surface area contributed by atoms with Crippen LogP contribution in [0.2, 0.25) is 0 Å². The van der Waals surface area contributed by atoms with Gasteiger partial charge in [-0.25, -0.2) is 0 Å². The third kappa shape index (κ3) is 2.71. The molecule has 4 heteroatoms. The molecular formula is C14H19NO3. The summed E-state index contributed by atoms with van der Waals surface area (Å²) in [5, 5.41) is 13.8. The van der Waals surface area contributed by atoms with E-state index in [1.54, 1.807) is 6.92 Å². The lowest BCUT2D eigenvalue weighted by molar-refractivity contribution is -0.149. The summed E-state index contributed by atoms with van der Waals surface area (Å²) in [5.41, 5.74) is -0.0787. The van der Waals surface area contributed by atoms with Crippen LogP contribution < -0.4 is 5.32 Å². The Balaban J connectivity index is 2.12. The average molecular weight is 249 g/mol. The van der Waals surface area contributed by atoms with Gasteiger partial charge >= 0.3 is 5.97 Å². The molecule has 0 spiro atoms. The molecule has 1 aliphatic heterocycles. The summed E-state index contributed by atoms with van der Waals surface area (Å²) < 4.78 is 5.00. The van der Waals surface area contributed by atoms with Gasteiger partial charge in [0.2, 0.25) is 0 Å². The van der Waals surface area contributed by atoms with Gasteiger partial charge in [0.1, 0.15) is 6.04 Å². The van der Waals surface area contributed by atoms with Crippen molar-refractivity contribution in [2.24, 2.45) is 0 Å². The minimum Gasteiger partial charge on any atom is -0.465 e. The van der Waals surface area contributed by atoms with E-state index in [4.69, 9.17) is 4.74 Å². The molecule has 1 aromatic rings. The zero-order valence-electron chi connectivity index (χ0n) is 10.6. The summed E-state index contributed by atoms with van der Waals surface area (Å²) in [6.45, 7) is 2.75. The van der Waals surface area contributed by atoms with Crippen molar-refractivity contribution in [2.75, 3.05) is 13.2 Å². The van der Waals surface area contributed by atoms with Crippen LogP contribution in [0.15, 0.2) is 30.3 Å². The molecule has 0 aromatic heterocycles. The zero-order chi connectivity index (χ0) is 13.0. The molecule has 2 unspecified atom stereocenters. The number of rotatable bonds is 3. The number of ether oxygens (including phenoxy) is 1. The third-order valence-corrected chi connectivity index (χ3v) is 3.35. The van der Waals surface area contributed by atoms with Crippen LogP contribution in [-0.4, -0.2) is 30.3 Å². The van der Waals surface area contributed by atoms with E-state index in [0.29, 0.717) is 26.0 Å². The van der Waals surface area contributed by atoms with Gasteiger partial charge in [0.05, 0.1) is 12.2 Å². The molecule has 0 radical (unpaired) electrons. The van der Waals surface area contributed by atoms with Crippen molar-refractivity contribution in [3.05, 3.63) is 35.9 Å². The van der Waals surface area contributed by atoms with Crippen LogP contribution >= 0.6 is 0 Å². The van der Waals surface area contributed by atoms with Gasteiger partial charge in [-0.3, -0.25) is 4.79 Å². The molecule has 0 amide bonds. The third-order valence-electron chi connectivity index (χ3n) is 3.35. The molecule has 1 saturated heterocycles. The van der Waals surface area contributed by atoms with Crippen LogP contribution in [0.25, 0.3) is 0 Å². The molecule has 1 fully saturated rings. The number of benzene rings is 1. The lowest BCUT2D eigenvalue weighted by atomic mass is 9.82. The highest BCUT2D eigenvalue weighted by atomic mass is 16.5. The van der Waals surface area contributed by atoms with Crippen molar-refractivity contribution in [1.29, 1.82) is 0 Å². The first kappa shape index (κ1) is 13.1. The van der Waals surface area contributed by atoms with Crippen molar-refractivity contribution in [1.82, 2.24) is 5.32 Å². The Morgan fingerprint density at radius 1 is 1.50 bits per heavy atom. The van der Waals surface area contributed by atoms with Crippen molar-refractivity contribution in [3.8, 4) is 0 Å². The highest BCUT2D eigenvalue weighted by Gasteiger charge is 2.38. The van der Waals surface area contributed by atoms with Gasteiger partial charge in [0, 0.05) is 6.42 Å².